The predicted octanol–water partition coefficient (Wildman–Crippen LogP) is 3.61. The Morgan fingerprint density at radius 1 is 0.962 bits per heavy atom. The number of primary amides is 1. The molecule has 2 amide bonds. The first-order valence-electron chi connectivity index (χ1n) is 8.77. The molecule has 1 aliphatic carbocycles. The van der Waals surface area contributed by atoms with Gasteiger partial charge in [-0.3, -0.25) is 9.59 Å². The Morgan fingerprint density at radius 2 is 1.69 bits per heavy atom. The number of rotatable bonds is 5. The van der Waals surface area contributed by atoms with E-state index < -0.39 is 0 Å². The molecule has 4 heteroatoms. The maximum atomic E-state index is 12.6. The van der Waals surface area contributed by atoms with E-state index in [2.05, 4.69) is 35.6 Å². The van der Waals surface area contributed by atoms with Gasteiger partial charge in [0.25, 0.3) is 0 Å². The lowest BCUT2D eigenvalue weighted by molar-refractivity contribution is -0.118. The van der Waals surface area contributed by atoms with E-state index in [0.29, 0.717) is 0 Å². The average Bonchev–Trinajstić information content (AvgIpc) is 3.43. The van der Waals surface area contributed by atoms with Gasteiger partial charge in [-0.15, -0.1) is 0 Å². The Kier molecular flexibility index (Phi) is 4.17. The summed E-state index contributed by atoms with van der Waals surface area (Å²) < 4.78 is 0. The highest BCUT2D eigenvalue weighted by molar-refractivity contribution is 5.96. The number of nitrogens with one attached hydrogen (secondary N) is 1. The van der Waals surface area contributed by atoms with Gasteiger partial charge in [0.15, 0.2) is 0 Å². The topological polar surface area (TPSA) is 72.2 Å². The number of hydrogen-bond donors (Lipinski definition) is 2. The number of fused-ring (bicyclic) bond motifs is 1. The van der Waals surface area contributed by atoms with Crippen molar-refractivity contribution in [1.29, 1.82) is 0 Å². The largest absolute Gasteiger partial charge is 0.369 e. The summed E-state index contributed by atoms with van der Waals surface area (Å²) in [6.07, 6.45) is 1.08. The van der Waals surface area contributed by atoms with Crippen LogP contribution in [0.2, 0.25) is 0 Å². The third kappa shape index (κ3) is 3.31. The van der Waals surface area contributed by atoms with E-state index in [1.165, 1.54) is 16.3 Å². The molecule has 0 spiro atoms. The van der Waals surface area contributed by atoms with Crippen LogP contribution in [-0.2, 0) is 16.0 Å². The quantitative estimate of drug-likeness (QED) is 0.742. The molecule has 0 bridgehead atoms. The summed E-state index contributed by atoms with van der Waals surface area (Å²) in [6, 6.07) is 21.8. The van der Waals surface area contributed by atoms with Gasteiger partial charge in [0, 0.05) is 11.6 Å². The fraction of sp³-hybridized carbons (Fsp3) is 0.182. The van der Waals surface area contributed by atoms with Crippen LogP contribution in [0.25, 0.3) is 10.8 Å². The predicted molar refractivity (Wildman–Crippen MR) is 103 cm³/mol. The second-order valence-electron chi connectivity index (χ2n) is 6.85. The number of anilines is 1. The molecule has 4 nitrogen and oxygen atoms in total. The van der Waals surface area contributed by atoms with Crippen molar-refractivity contribution in [3.8, 4) is 0 Å². The minimum absolute atomic E-state index is 0.00565. The number of benzene rings is 3. The molecular formula is C22H20N2O2. The van der Waals surface area contributed by atoms with Gasteiger partial charge < -0.3 is 11.1 Å². The van der Waals surface area contributed by atoms with Gasteiger partial charge in [0.05, 0.1) is 6.42 Å². The minimum atomic E-state index is -0.363. The third-order valence-corrected chi connectivity index (χ3v) is 4.95. The lowest BCUT2D eigenvalue weighted by Gasteiger charge is -2.08. The van der Waals surface area contributed by atoms with Crippen molar-refractivity contribution in [2.75, 3.05) is 5.32 Å². The molecule has 1 fully saturated rings. The third-order valence-electron chi connectivity index (χ3n) is 4.95. The molecule has 3 aromatic carbocycles. The molecule has 3 aromatic rings. The van der Waals surface area contributed by atoms with Crippen molar-refractivity contribution >= 4 is 28.3 Å². The lowest BCUT2D eigenvalue weighted by atomic mass is 10.00. The van der Waals surface area contributed by atoms with E-state index in [0.717, 1.165) is 17.7 Å². The maximum absolute atomic E-state index is 12.6. The van der Waals surface area contributed by atoms with Crippen LogP contribution in [0, 0.1) is 5.92 Å². The molecule has 3 N–H and O–H groups in total. The standard InChI is InChI=1S/C22H20N2O2/c23-21(25)12-14-8-10-16(11-9-14)24-22(26)20-13-19(20)18-7-3-5-15-4-1-2-6-17(15)18/h1-11,19-20H,12-13H2,(H2,23,25)(H,24,26)/t19-,20-/m0/s1. The van der Waals surface area contributed by atoms with Crippen LogP contribution >= 0.6 is 0 Å². The van der Waals surface area contributed by atoms with E-state index in [1.54, 1.807) is 0 Å². The Labute approximate surface area is 152 Å². The van der Waals surface area contributed by atoms with Gasteiger partial charge >= 0.3 is 0 Å². The summed E-state index contributed by atoms with van der Waals surface area (Å²) >= 11 is 0. The zero-order valence-electron chi connectivity index (χ0n) is 14.3. The SMILES string of the molecule is NC(=O)Cc1ccc(NC(=O)[C@H]2C[C@H]2c2cccc3ccccc23)cc1. The van der Waals surface area contributed by atoms with E-state index in [4.69, 9.17) is 5.73 Å². The molecule has 0 saturated heterocycles. The van der Waals surface area contributed by atoms with Crippen molar-refractivity contribution in [1.82, 2.24) is 0 Å². The lowest BCUT2D eigenvalue weighted by Crippen LogP contribution is -2.15. The van der Waals surface area contributed by atoms with Gasteiger partial charge in [-0.05, 0) is 46.4 Å². The molecule has 2 atom stereocenters. The summed E-state index contributed by atoms with van der Waals surface area (Å²) in [5.41, 5.74) is 8.03. The molecule has 130 valence electrons. The molecule has 0 radical (unpaired) electrons. The normalized spacial score (nSPS) is 18.5. The number of nitrogens with two attached hydrogens (primary N) is 1. The molecule has 4 rings (SSSR count). The zero-order chi connectivity index (χ0) is 18.1. The van der Waals surface area contributed by atoms with Gasteiger partial charge in [0.2, 0.25) is 11.8 Å². The van der Waals surface area contributed by atoms with Crippen LogP contribution in [0.5, 0.6) is 0 Å². The molecule has 0 aromatic heterocycles. The fourth-order valence-electron chi connectivity index (χ4n) is 3.54. The molecule has 1 saturated carbocycles. The molecule has 0 aliphatic heterocycles. The summed E-state index contributed by atoms with van der Waals surface area (Å²) in [5, 5.41) is 5.41. The second kappa shape index (κ2) is 6.64. The molecule has 0 unspecified atom stereocenters. The van der Waals surface area contributed by atoms with Crippen LogP contribution in [0.15, 0.2) is 66.7 Å². The first-order valence-corrected chi connectivity index (χ1v) is 8.77. The Balaban J connectivity index is 1.45. The van der Waals surface area contributed by atoms with Crippen molar-refractivity contribution < 1.29 is 9.59 Å². The van der Waals surface area contributed by atoms with Gasteiger partial charge in [-0.2, -0.15) is 0 Å². The number of amides is 2. The van der Waals surface area contributed by atoms with Crippen LogP contribution < -0.4 is 11.1 Å². The average molecular weight is 344 g/mol. The van der Waals surface area contributed by atoms with E-state index in [9.17, 15) is 9.59 Å². The number of carbonyl (C=O) groups excluding carboxylic acids is 2. The van der Waals surface area contributed by atoms with Gasteiger partial charge in [-0.25, -0.2) is 0 Å². The number of carbonyl (C=O) groups is 2. The fourth-order valence-corrected chi connectivity index (χ4v) is 3.54. The van der Waals surface area contributed by atoms with E-state index in [-0.39, 0.29) is 30.1 Å². The van der Waals surface area contributed by atoms with Gasteiger partial charge in [-0.1, -0.05) is 54.6 Å². The van der Waals surface area contributed by atoms with Crippen molar-refractivity contribution in [3.63, 3.8) is 0 Å². The highest BCUT2D eigenvalue weighted by Gasteiger charge is 2.44. The first kappa shape index (κ1) is 16.3. The monoisotopic (exact) mass is 344 g/mol. The van der Waals surface area contributed by atoms with Crippen LogP contribution in [0.3, 0.4) is 0 Å². The van der Waals surface area contributed by atoms with Crippen LogP contribution in [0.1, 0.15) is 23.5 Å². The Hall–Kier alpha value is -3.14. The zero-order valence-corrected chi connectivity index (χ0v) is 14.3. The van der Waals surface area contributed by atoms with Gasteiger partial charge in [0.1, 0.15) is 0 Å². The number of hydrogen-bond acceptors (Lipinski definition) is 2. The van der Waals surface area contributed by atoms with Crippen molar-refractivity contribution in [2.45, 2.75) is 18.8 Å². The first-order chi connectivity index (χ1) is 12.6. The van der Waals surface area contributed by atoms with Crippen LogP contribution in [-0.4, -0.2) is 11.8 Å². The Morgan fingerprint density at radius 3 is 2.46 bits per heavy atom. The Bertz CT molecular complexity index is 974. The summed E-state index contributed by atoms with van der Waals surface area (Å²) in [6.45, 7) is 0. The summed E-state index contributed by atoms with van der Waals surface area (Å²) in [4.78, 5) is 23.5. The molecular weight excluding hydrogens is 324 g/mol. The highest BCUT2D eigenvalue weighted by atomic mass is 16.2. The summed E-state index contributed by atoms with van der Waals surface area (Å²) in [7, 11) is 0. The molecule has 0 heterocycles. The molecule has 1 aliphatic rings. The smallest absolute Gasteiger partial charge is 0.228 e. The molecule has 26 heavy (non-hydrogen) atoms. The maximum Gasteiger partial charge on any atom is 0.228 e. The van der Waals surface area contributed by atoms with E-state index in [1.807, 2.05) is 36.4 Å². The summed E-state index contributed by atoms with van der Waals surface area (Å²) in [5.74, 6) is -0.0374. The highest BCUT2D eigenvalue weighted by Crippen LogP contribution is 2.49. The van der Waals surface area contributed by atoms with E-state index >= 15 is 0 Å². The van der Waals surface area contributed by atoms with Crippen LogP contribution in [0.4, 0.5) is 5.69 Å². The van der Waals surface area contributed by atoms with Crippen molar-refractivity contribution in [3.05, 3.63) is 77.9 Å². The minimum Gasteiger partial charge on any atom is -0.369 e. The van der Waals surface area contributed by atoms with Crippen molar-refractivity contribution in [2.24, 2.45) is 11.7 Å². The second-order valence-corrected chi connectivity index (χ2v) is 6.85.